The predicted molar refractivity (Wildman–Crippen MR) is 139 cm³/mol. The van der Waals surface area contributed by atoms with E-state index in [0.717, 1.165) is 36.3 Å². The van der Waals surface area contributed by atoms with Gasteiger partial charge in [0.1, 0.15) is 12.0 Å². The van der Waals surface area contributed by atoms with Gasteiger partial charge in [0.25, 0.3) is 0 Å². The van der Waals surface area contributed by atoms with Crippen LogP contribution in [0.2, 0.25) is 0 Å². The summed E-state index contributed by atoms with van der Waals surface area (Å²) in [5, 5.41) is 20.5. The largest absolute Gasteiger partial charge is 0.461 e. The summed E-state index contributed by atoms with van der Waals surface area (Å²) < 4.78 is 5.41. The van der Waals surface area contributed by atoms with Gasteiger partial charge in [0.15, 0.2) is 0 Å². The van der Waals surface area contributed by atoms with Crippen molar-refractivity contribution >= 4 is 17.6 Å². The van der Waals surface area contributed by atoms with E-state index in [1.807, 2.05) is 13.8 Å². The van der Waals surface area contributed by atoms with E-state index in [9.17, 15) is 15.0 Å². The number of allylic oxidation sites excluding steroid dienone is 3. The first kappa shape index (κ1) is 27.5. The van der Waals surface area contributed by atoms with E-state index in [2.05, 4.69) is 32.6 Å². The van der Waals surface area contributed by atoms with Crippen LogP contribution < -0.4 is 0 Å². The lowest BCUT2D eigenvalue weighted by molar-refractivity contribution is -0.147. The maximum absolute atomic E-state index is 11.6. The molecule has 3 aliphatic carbocycles. The Morgan fingerprint density at radius 2 is 2.09 bits per heavy atom. The molecule has 192 valence electrons. The zero-order valence-electron chi connectivity index (χ0n) is 21.6. The van der Waals surface area contributed by atoms with Crippen molar-refractivity contribution in [1.29, 1.82) is 0 Å². The van der Waals surface area contributed by atoms with Gasteiger partial charge in [-0.3, -0.25) is 4.79 Å². The zero-order valence-corrected chi connectivity index (χ0v) is 22.4. The molecule has 34 heavy (non-hydrogen) atoms. The Morgan fingerprint density at radius 3 is 2.76 bits per heavy atom. The smallest absolute Gasteiger partial charge is 0.321 e. The number of halogens is 1. The Balaban J connectivity index is 1.71. The van der Waals surface area contributed by atoms with Gasteiger partial charge in [-0.05, 0) is 86.7 Å². The molecule has 0 aromatic rings. The molecule has 3 aliphatic rings. The number of aliphatic hydroxyl groups excluding tert-OH is 1. The predicted octanol–water partition coefficient (Wildman–Crippen LogP) is 6.49. The van der Waals surface area contributed by atoms with Crippen LogP contribution in [0.1, 0.15) is 91.9 Å². The molecule has 6 atom stereocenters. The first-order valence-corrected chi connectivity index (χ1v) is 13.7. The van der Waals surface area contributed by atoms with Crippen molar-refractivity contribution in [3.63, 3.8) is 0 Å². The summed E-state index contributed by atoms with van der Waals surface area (Å²) >= 11 is 5.59. The summed E-state index contributed by atoms with van der Waals surface area (Å²) in [6, 6.07) is 0. The molecule has 0 amide bonds. The molecule has 5 heteroatoms. The molecule has 0 radical (unpaired) electrons. The molecule has 0 aliphatic heterocycles. The molecule has 0 bridgehead atoms. The second kappa shape index (κ2) is 11.3. The van der Waals surface area contributed by atoms with Crippen molar-refractivity contribution in [2.24, 2.45) is 23.2 Å². The normalized spacial score (nSPS) is 35.4. The third-order valence-electron chi connectivity index (χ3n) is 8.83. The summed E-state index contributed by atoms with van der Waals surface area (Å²) in [5.41, 5.74) is 2.99. The lowest BCUT2D eigenvalue weighted by atomic mass is 9.60. The van der Waals surface area contributed by atoms with Crippen molar-refractivity contribution in [3.8, 4) is 0 Å². The van der Waals surface area contributed by atoms with Gasteiger partial charge in [-0.15, -0.1) is 11.6 Å². The number of carbonyl (C=O) groups excluding carboxylic acids is 1. The van der Waals surface area contributed by atoms with Crippen LogP contribution in [0.4, 0.5) is 0 Å². The third-order valence-corrected chi connectivity index (χ3v) is 9.05. The van der Waals surface area contributed by atoms with E-state index in [1.54, 1.807) is 0 Å². The molecule has 0 unspecified atom stereocenters. The molecule has 0 aromatic carbocycles. The van der Waals surface area contributed by atoms with Crippen LogP contribution in [0.3, 0.4) is 0 Å². The fourth-order valence-electron chi connectivity index (χ4n) is 7.03. The molecular formula is C29H45ClO4. The second-order valence-corrected chi connectivity index (χ2v) is 12.2. The van der Waals surface area contributed by atoms with E-state index in [-0.39, 0.29) is 12.0 Å². The molecular weight excluding hydrogens is 448 g/mol. The fourth-order valence-corrected chi connectivity index (χ4v) is 7.09. The highest BCUT2D eigenvalue weighted by atomic mass is 35.5. The molecule has 4 nitrogen and oxygen atoms in total. The number of rotatable bonds is 8. The Bertz CT molecular complexity index is 807. The molecule has 0 heterocycles. The minimum atomic E-state index is -0.691. The van der Waals surface area contributed by atoms with Crippen LogP contribution in [0, 0.1) is 23.2 Å². The van der Waals surface area contributed by atoms with Gasteiger partial charge in [0.2, 0.25) is 0 Å². The lowest BCUT2D eigenvalue weighted by Gasteiger charge is -2.44. The first-order valence-electron chi connectivity index (χ1n) is 13.2. The summed E-state index contributed by atoms with van der Waals surface area (Å²) in [6.07, 6.45) is 13.6. The quantitative estimate of drug-likeness (QED) is 0.300. The van der Waals surface area contributed by atoms with Gasteiger partial charge < -0.3 is 14.9 Å². The maximum Gasteiger partial charge on any atom is 0.321 e. The zero-order chi connectivity index (χ0) is 25.1. The van der Waals surface area contributed by atoms with Gasteiger partial charge in [0.05, 0.1) is 11.7 Å². The monoisotopic (exact) mass is 492 g/mol. The maximum atomic E-state index is 11.6. The van der Waals surface area contributed by atoms with Gasteiger partial charge in [-0.2, -0.15) is 0 Å². The first-order chi connectivity index (χ1) is 15.9. The lowest BCUT2D eigenvalue weighted by Crippen LogP contribution is -2.36. The van der Waals surface area contributed by atoms with Crippen LogP contribution in [0.5, 0.6) is 0 Å². The SMILES string of the molecule is C=C1/C(=C\C=C2/CCC[C@]3(C)[C@@H]([C@H](C)CCCC(C)(C)O)CC[C@@H]23)C[C@@H](OC(=O)CCl)C[C@@H]1O. The van der Waals surface area contributed by atoms with E-state index in [4.69, 9.17) is 16.3 Å². The van der Waals surface area contributed by atoms with E-state index >= 15 is 0 Å². The number of hydrogen-bond donors (Lipinski definition) is 2. The van der Waals surface area contributed by atoms with E-state index in [0.29, 0.717) is 30.1 Å². The van der Waals surface area contributed by atoms with Crippen LogP contribution in [-0.4, -0.2) is 39.9 Å². The molecule has 0 spiro atoms. The highest BCUT2D eigenvalue weighted by molar-refractivity contribution is 6.26. The van der Waals surface area contributed by atoms with E-state index in [1.165, 1.54) is 37.7 Å². The number of carbonyl (C=O) groups is 1. The number of fused-ring (bicyclic) bond motifs is 1. The van der Waals surface area contributed by atoms with Crippen LogP contribution >= 0.6 is 11.6 Å². The van der Waals surface area contributed by atoms with Gasteiger partial charge >= 0.3 is 5.97 Å². The Labute approximate surface area is 211 Å². The van der Waals surface area contributed by atoms with Crippen molar-refractivity contribution in [1.82, 2.24) is 0 Å². The van der Waals surface area contributed by atoms with Crippen molar-refractivity contribution in [3.05, 3.63) is 35.5 Å². The van der Waals surface area contributed by atoms with Gasteiger partial charge in [-0.1, -0.05) is 51.0 Å². The molecule has 0 saturated heterocycles. The Kier molecular flexibility index (Phi) is 9.14. The Hall–Kier alpha value is -1.10. The average molecular weight is 493 g/mol. The van der Waals surface area contributed by atoms with Crippen LogP contribution in [0.15, 0.2) is 35.5 Å². The number of hydrogen-bond acceptors (Lipinski definition) is 4. The summed E-state index contributed by atoms with van der Waals surface area (Å²) in [5.74, 6) is 1.38. The number of esters is 1. The Morgan fingerprint density at radius 1 is 1.35 bits per heavy atom. The molecule has 2 N–H and O–H groups in total. The third kappa shape index (κ3) is 6.56. The van der Waals surface area contributed by atoms with Gasteiger partial charge in [-0.25, -0.2) is 0 Å². The standard InChI is InChI=1S/C29H45ClO4/c1-19(8-6-14-28(3,4)33)24-12-13-25-21(9-7-15-29(24,25)5)10-11-22-16-23(34-27(32)18-30)17-26(31)20(22)2/h10-11,19,23-26,31,33H,2,6-9,12-18H2,1,3-5H3/b21-10+,22-11-/t19-,23-,24-,25+,26+,29-/m1/s1. The van der Waals surface area contributed by atoms with Crippen molar-refractivity contribution in [2.75, 3.05) is 5.88 Å². The molecule has 0 aromatic heterocycles. The molecule has 3 rings (SSSR count). The average Bonchev–Trinajstić information content (AvgIpc) is 3.11. The molecule has 3 fully saturated rings. The highest BCUT2D eigenvalue weighted by Gasteiger charge is 2.50. The number of alkyl halides is 1. The second-order valence-electron chi connectivity index (χ2n) is 11.9. The van der Waals surface area contributed by atoms with Crippen molar-refractivity contribution < 1.29 is 19.7 Å². The minimum absolute atomic E-state index is 0.172. The van der Waals surface area contributed by atoms with Crippen LogP contribution in [0.25, 0.3) is 0 Å². The summed E-state index contributed by atoms with van der Waals surface area (Å²) in [7, 11) is 0. The van der Waals surface area contributed by atoms with Crippen LogP contribution in [-0.2, 0) is 9.53 Å². The summed E-state index contributed by atoms with van der Waals surface area (Å²) in [4.78, 5) is 11.6. The topological polar surface area (TPSA) is 66.8 Å². The number of aliphatic hydroxyl groups is 2. The number of ether oxygens (including phenoxy) is 1. The van der Waals surface area contributed by atoms with E-state index < -0.39 is 17.7 Å². The minimum Gasteiger partial charge on any atom is -0.461 e. The fraction of sp³-hybridized carbons (Fsp3) is 0.759. The molecule has 3 saturated carbocycles. The van der Waals surface area contributed by atoms with Gasteiger partial charge in [0, 0.05) is 12.8 Å². The highest BCUT2D eigenvalue weighted by Crippen LogP contribution is 2.60. The summed E-state index contributed by atoms with van der Waals surface area (Å²) in [6.45, 7) is 12.8. The van der Waals surface area contributed by atoms with Crippen molar-refractivity contribution in [2.45, 2.75) is 110 Å².